The Morgan fingerprint density at radius 2 is 1.85 bits per heavy atom. The third-order valence-electron chi connectivity index (χ3n) is 2.57. The minimum absolute atomic E-state index is 0.446. The summed E-state index contributed by atoms with van der Waals surface area (Å²) in [6, 6.07) is 13.0. The van der Waals surface area contributed by atoms with E-state index in [1.165, 1.54) is 11.3 Å². The summed E-state index contributed by atoms with van der Waals surface area (Å²) in [5.41, 5.74) is 1.86. The number of aromatic nitrogens is 2. The Kier molecular flexibility index (Phi) is 3.87. The summed E-state index contributed by atoms with van der Waals surface area (Å²) >= 11 is 13.3. The number of halogens is 2. The van der Waals surface area contributed by atoms with Gasteiger partial charge in [-0.2, -0.15) is 0 Å². The van der Waals surface area contributed by atoms with E-state index < -0.39 is 0 Å². The molecular formula is C14H9Cl2N3S. The average Bonchev–Trinajstić information content (AvgIpc) is 2.87. The molecule has 0 bridgehead atoms. The predicted octanol–water partition coefficient (Wildman–Crippen LogP) is 5.26. The zero-order valence-corrected chi connectivity index (χ0v) is 12.5. The molecule has 1 aromatic carbocycles. The molecule has 2 aromatic heterocycles. The third kappa shape index (κ3) is 3.10. The smallest absolute Gasteiger partial charge is 0.188 e. The van der Waals surface area contributed by atoms with Gasteiger partial charge in [0, 0.05) is 16.0 Å². The lowest BCUT2D eigenvalue weighted by Gasteiger charge is -2.01. The van der Waals surface area contributed by atoms with Crippen LogP contribution in [0, 0.1) is 0 Å². The number of thiazole rings is 1. The fourth-order valence-electron chi connectivity index (χ4n) is 1.70. The maximum absolute atomic E-state index is 5.98. The predicted molar refractivity (Wildman–Crippen MR) is 85.1 cm³/mol. The van der Waals surface area contributed by atoms with Crippen LogP contribution in [0.1, 0.15) is 0 Å². The number of benzene rings is 1. The summed E-state index contributed by atoms with van der Waals surface area (Å²) in [6.07, 6.45) is 0. The second-order valence-corrected chi connectivity index (χ2v) is 5.70. The average molecular weight is 322 g/mol. The first-order valence-electron chi connectivity index (χ1n) is 5.82. The molecule has 3 nitrogen and oxygen atoms in total. The minimum Gasteiger partial charge on any atom is -0.316 e. The molecule has 2 heterocycles. The number of nitrogens with zero attached hydrogens (tertiary/aromatic N) is 2. The molecular weight excluding hydrogens is 313 g/mol. The number of hydrogen-bond donors (Lipinski definition) is 1. The van der Waals surface area contributed by atoms with Crippen molar-refractivity contribution in [2.75, 3.05) is 5.32 Å². The van der Waals surface area contributed by atoms with Gasteiger partial charge in [0.25, 0.3) is 0 Å². The molecule has 6 heteroatoms. The SMILES string of the molecule is Clc1cccc(-c2csc(Nc3cccc(Cl)n3)n2)c1. The largest absolute Gasteiger partial charge is 0.316 e. The molecule has 0 spiro atoms. The van der Waals surface area contributed by atoms with Crippen LogP contribution in [-0.4, -0.2) is 9.97 Å². The van der Waals surface area contributed by atoms with Crippen molar-refractivity contribution in [3.8, 4) is 11.3 Å². The van der Waals surface area contributed by atoms with Crippen LogP contribution in [0.25, 0.3) is 11.3 Å². The molecule has 1 N–H and O–H groups in total. The highest BCUT2D eigenvalue weighted by Gasteiger charge is 2.06. The zero-order valence-electron chi connectivity index (χ0n) is 10.2. The van der Waals surface area contributed by atoms with Crippen LogP contribution in [-0.2, 0) is 0 Å². The van der Waals surface area contributed by atoms with Crippen LogP contribution in [0.2, 0.25) is 10.2 Å². The van der Waals surface area contributed by atoms with Crippen LogP contribution in [0.4, 0.5) is 10.9 Å². The molecule has 0 saturated carbocycles. The molecule has 3 aromatic rings. The van der Waals surface area contributed by atoms with Crippen molar-refractivity contribution < 1.29 is 0 Å². The summed E-state index contributed by atoms with van der Waals surface area (Å²) < 4.78 is 0. The minimum atomic E-state index is 0.446. The van der Waals surface area contributed by atoms with Crippen LogP contribution < -0.4 is 5.32 Å². The Labute approximate surface area is 130 Å². The number of anilines is 2. The Morgan fingerprint density at radius 3 is 2.65 bits per heavy atom. The van der Waals surface area contributed by atoms with Crippen LogP contribution in [0.3, 0.4) is 0 Å². The number of pyridine rings is 1. The van der Waals surface area contributed by atoms with E-state index in [0.29, 0.717) is 16.0 Å². The van der Waals surface area contributed by atoms with E-state index >= 15 is 0 Å². The second-order valence-electron chi connectivity index (χ2n) is 4.02. The van der Waals surface area contributed by atoms with Gasteiger partial charge in [0.05, 0.1) is 5.69 Å². The quantitative estimate of drug-likeness (QED) is 0.669. The zero-order chi connectivity index (χ0) is 13.9. The lowest BCUT2D eigenvalue weighted by molar-refractivity contribution is 1.29. The number of rotatable bonds is 3. The van der Waals surface area contributed by atoms with Crippen molar-refractivity contribution in [3.63, 3.8) is 0 Å². The molecule has 0 radical (unpaired) electrons. The van der Waals surface area contributed by atoms with E-state index in [-0.39, 0.29) is 0 Å². The Bertz CT molecular complexity index is 743. The monoisotopic (exact) mass is 321 g/mol. The van der Waals surface area contributed by atoms with Gasteiger partial charge in [-0.25, -0.2) is 9.97 Å². The lowest BCUT2D eigenvalue weighted by Crippen LogP contribution is -1.92. The van der Waals surface area contributed by atoms with E-state index in [1.807, 2.05) is 41.8 Å². The van der Waals surface area contributed by atoms with Gasteiger partial charge in [-0.05, 0) is 24.3 Å². The molecule has 0 aliphatic carbocycles. The first-order chi connectivity index (χ1) is 9.70. The molecule has 0 aliphatic rings. The van der Waals surface area contributed by atoms with Crippen molar-refractivity contribution in [1.82, 2.24) is 9.97 Å². The van der Waals surface area contributed by atoms with Gasteiger partial charge in [0.1, 0.15) is 11.0 Å². The molecule has 0 aliphatic heterocycles. The summed E-state index contributed by atoms with van der Waals surface area (Å²) in [7, 11) is 0. The van der Waals surface area contributed by atoms with E-state index in [0.717, 1.165) is 16.4 Å². The molecule has 0 atom stereocenters. The number of nitrogens with one attached hydrogen (secondary N) is 1. The van der Waals surface area contributed by atoms with E-state index in [9.17, 15) is 0 Å². The van der Waals surface area contributed by atoms with Crippen molar-refractivity contribution in [2.24, 2.45) is 0 Å². The van der Waals surface area contributed by atoms with Crippen molar-refractivity contribution in [1.29, 1.82) is 0 Å². The van der Waals surface area contributed by atoms with Crippen molar-refractivity contribution in [2.45, 2.75) is 0 Å². The van der Waals surface area contributed by atoms with Gasteiger partial charge in [-0.3, -0.25) is 0 Å². The highest BCUT2D eigenvalue weighted by molar-refractivity contribution is 7.14. The van der Waals surface area contributed by atoms with Crippen molar-refractivity contribution >= 4 is 45.5 Å². The molecule has 0 fully saturated rings. The van der Waals surface area contributed by atoms with Gasteiger partial charge in [-0.1, -0.05) is 41.4 Å². The van der Waals surface area contributed by atoms with Crippen LogP contribution in [0.5, 0.6) is 0 Å². The molecule has 0 unspecified atom stereocenters. The summed E-state index contributed by atoms with van der Waals surface area (Å²) in [6.45, 7) is 0. The maximum Gasteiger partial charge on any atom is 0.188 e. The van der Waals surface area contributed by atoms with Crippen molar-refractivity contribution in [3.05, 3.63) is 58.0 Å². The normalized spacial score (nSPS) is 10.5. The van der Waals surface area contributed by atoms with E-state index in [4.69, 9.17) is 23.2 Å². The fraction of sp³-hybridized carbons (Fsp3) is 0. The van der Waals surface area contributed by atoms with Crippen LogP contribution >= 0.6 is 34.5 Å². The molecule has 100 valence electrons. The van der Waals surface area contributed by atoms with E-state index in [1.54, 1.807) is 6.07 Å². The molecule has 20 heavy (non-hydrogen) atoms. The van der Waals surface area contributed by atoms with Gasteiger partial charge < -0.3 is 5.32 Å². The summed E-state index contributed by atoms with van der Waals surface area (Å²) in [5.74, 6) is 0.671. The first kappa shape index (κ1) is 13.4. The van der Waals surface area contributed by atoms with Gasteiger partial charge in [0.15, 0.2) is 5.13 Å². The molecule has 0 amide bonds. The standard InChI is InChI=1S/C14H9Cl2N3S/c15-10-4-1-3-9(7-10)11-8-20-14(17-11)19-13-6-2-5-12(16)18-13/h1-8H,(H,17,18,19). The molecule has 3 rings (SSSR count). The second kappa shape index (κ2) is 5.79. The Morgan fingerprint density at radius 1 is 1.00 bits per heavy atom. The number of hydrogen-bond acceptors (Lipinski definition) is 4. The fourth-order valence-corrected chi connectivity index (χ4v) is 2.78. The third-order valence-corrected chi connectivity index (χ3v) is 3.78. The topological polar surface area (TPSA) is 37.8 Å². The molecule has 0 saturated heterocycles. The van der Waals surface area contributed by atoms with Crippen LogP contribution in [0.15, 0.2) is 47.8 Å². The maximum atomic E-state index is 5.98. The Balaban J connectivity index is 1.84. The summed E-state index contributed by atoms with van der Waals surface area (Å²) in [4.78, 5) is 8.68. The van der Waals surface area contributed by atoms with Gasteiger partial charge in [-0.15, -0.1) is 11.3 Å². The highest BCUT2D eigenvalue weighted by Crippen LogP contribution is 2.28. The Hall–Kier alpha value is -1.62. The van der Waals surface area contributed by atoms with Gasteiger partial charge >= 0.3 is 0 Å². The van der Waals surface area contributed by atoms with E-state index in [2.05, 4.69) is 15.3 Å². The lowest BCUT2D eigenvalue weighted by atomic mass is 10.2. The van der Waals surface area contributed by atoms with Gasteiger partial charge in [0.2, 0.25) is 0 Å². The highest BCUT2D eigenvalue weighted by atomic mass is 35.5. The summed E-state index contributed by atoms with van der Waals surface area (Å²) in [5, 5.41) is 7.00. The first-order valence-corrected chi connectivity index (χ1v) is 7.45.